The van der Waals surface area contributed by atoms with Crippen molar-refractivity contribution in [2.24, 2.45) is 0 Å². The van der Waals surface area contributed by atoms with Gasteiger partial charge < -0.3 is 24.4 Å². The molecule has 2 aliphatic heterocycles. The molecule has 0 saturated carbocycles. The van der Waals surface area contributed by atoms with Crippen LogP contribution in [0.1, 0.15) is 11.7 Å². The summed E-state index contributed by atoms with van der Waals surface area (Å²) in [4.78, 5) is 0. The van der Waals surface area contributed by atoms with Gasteiger partial charge in [0, 0.05) is 5.56 Å². The molecule has 2 heterocycles. The maximum Gasteiger partial charge on any atom is 0.162 e. The molecule has 2 aliphatic rings. The second-order valence-electron chi connectivity index (χ2n) is 4.40. The third-order valence-electron chi connectivity index (χ3n) is 3.38. The van der Waals surface area contributed by atoms with Crippen LogP contribution in [-0.2, 0) is 4.74 Å². The topological polar surface area (TPSA) is 71.5 Å². The minimum atomic E-state index is -0.797. The van der Waals surface area contributed by atoms with Gasteiger partial charge >= 0.3 is 0 Å². The van der Waals surface area contributed by atoms with Gasteiger partial charge in [-0.2, -0.15) is 0 Å². The molecule has 5 heteroatoms. The highest BCUT2D eigenvalue weighted by molar-refractivity contribution is 5.46. The molecule has 3 unspecified atom stereocenters. The molecule has 1 aromatic carbocycles. The van der Waals surface area contributed by atoms with Crippen LogP contribution in [0, 0.1) is 0 Å². The molecule has 2 N–H and O–H groups in total. The van der Waals surface area contributed by atoms with Gasteiger partial charge in [-0.15, -0.1) is 0 Å². The molecule has 0 amide bonds. The Morgan fingerprint density at radius 1 is 1.53 bits per heavy atom. The number of hydrogen-bond donors (Lipinski definition) is 2. The van der Waals surface area contributed by atoms with Gasteiger partial charge in [0.2, 0.25) is 0 Å². The van der Waals surface area contributed by atoms with Crippen LogP contribution in [0.3, 0.4) is 0 Å². The van der Waals surface area contributed by atoms with E-state index in [2.05, 4.69) is 0 Å². The summed E-state index contributed by atoms with van der Waals surface area (Å²) in [5.74, 6) is 1.29. The van der Waals surface area contributed by atoms with Crippen LogP contribution in [0.2, 0.25) is 0 Å². The van der Waals surface area contributed by atoms with Crippen molar-refractivity contribution in [3.63, 3.8) is 0 Å². The molecule has 1 fully saturated rings. The SMILES string of the molecule is COc1ccc2c(c1)C(O)C(C1(CO)CO1)O2. The standard InChI is InChI=1S/C12H14O5/c1-15-7-2-3-9-8(4-7)10(14)11(17-9)12(5-13)6-16-12/h2-4,10-11,13-14H,5-6H2,1H3. The van der Waals surface area contributed by atoms with Crippen molar-refractivity contribution in [2.75, 3.05) is 20.3 Å². The first-order valence-corrected chi connectivity index (χ1v) is 5.48. The second-order valence-corrected chi connectivity index (χ2v) is 4.40. The fraction of sp³-hybridized carbons (Fsp3) is 0.500. The molecule has 1 saturated heterocycles. The molecule has 0 aromatic heterocycles. The zero-order chi connectivity index (χ0) is 12.0. The number of ether oxygens (including phenoxy) is 3. The van der Waals surface area contributed by atoms with Crippen molar-refractivity contribution in [3.8, 4) is 11.5 Å². The molecular formula is C12H14O5. The molecular weight excluding hydrogens is 224 g/mol. The van der Waals surface area contributed by atoms with Crippen molar-refractivity contribution >= 4 is 0 Å². The lowest BCUT2D eigenvalue weighted by atomic mass is 9.96. The number of fused-ring (bicyclic) bond motifs is 1. The van der Waals surface area contributed by atoms with E-state index >= 15 is 0 Å². The van der Waals surface area contributed by atoms with Crippen molar-refractivity contribution < 1.29 is 24.4 Å². The van der Waals surface area contributed by atoms with Gasteiger partial charge in [-0.25, -0.2) is 0 Å². The summed E-state index contributed by atoms with van der Waals surface area (Å²) in [6.07, 6.45) is -1.34. The normalized spacial score (nSPS) is 34.1. The predicted molar refractivity (Wildman–Crippen MR) is 58.1 cm³/mol. The fourth-order valence-corrected chi connectivity index (χ4v) is 2.19. The van der Waals surface area contributed by atoms with Crippen molar-refractivity contribution in [1.82, 2.24) is 0 Å². The van der Waals surface area contributed by atoms with Gasteiger partial charge in [0.05, 0.1) is 20.3 Å². The van der Waals surface area contributed by atoms with Gasteiger partial charge in [0.15, 0.2) is 11.7 Å². The van der Waals surface area contributed by atoms with E-state index in [1.165, 1.54) is 0 Å². The highest BCUT2D eigenvalue weighted by Gasteiger charge is 2.58. The first-order valence-electron chi connectivity index (χ1n) is 5.48. The van der Waals surface area contributed by atoms with Crippen LogP contribution in [0.15, 0.2) is 18.2 Å². The van der Waals surface area contributed by atoms with E-state index in [1.54, 1.807) is 25.3 Å². The summed E-state index contributed by atoms with van der Waals surface area (Å²) in [7, 11) is 1.57. The first kappa shape index (κ1) is 10.8. The Labute approximate surface area is 98.5 Å². The fourth-order valence-electron chi connectivity index (χ4n) is 2.19. The largest absolute Gasteiger partial charge is 0.497 e. The molecule has 5 nitrogen and oxygen atoms in total. The van der Waals surface area contributed by atoms with Crippen molar-refractivity contribution in [3.05, 3.63) is 23.8 Å². The maximum absolute atomic E-state index is 10.2. The van der Waals surface area contributed by atoms with E-state index in [1.807, 2.05) is 0 Å². The molecule has 0 aliphatic carbocycles. The minimum absolute atomic E-state index is 0.153. The van der Waals surface area contributed by atoms with Crippen LogP contribution in [0.4, 0.5) is 0 Å². The Kier molecular flexibility index (Phi) is 2.29. The van der Waals surface area contributed by atoms with Gasteiger partial charge in [-0.3, -0.25) is 0 Å². The Balaban J connectivity index is 1.92. The van der Waals surface area contributed by atoms with Crippen molar-refractivity contribution in [1.29, 1.82) is 0 Å². The highest BCUT2D eigenvalue weighted by Crippen LogP contribution is 2.47. The van der Waals surface area contributed by atoms with Gasteiger partial charge in [0.1, 0.15) is 17.6 Å². The third kappa shape index (κ3) is 1.50. The lowest BCUT2D eigenvalue weighted by molar-refractivity contribution is -0.0102. The van der Waals surface area contributed by atoms with Gasteiger partial charge in [-0.1, -0.05) is 0 Å². The smallest absolute Gasteiger partial charge is 0.162 e. The molecule has 1 aromatic rings. The van der Waals surface area contributed by atoms with Crippen LogP contribution >= 0.6 is 0 Å². The number of epoxide rings is 1. The Morgan fingerprint density at radius 3 is 2.88 bits per heavy atom. The van der Waals surface area contributed by atoms with Gasteiger partial charge in [-0.05, 0) is 18.2 Å². The first-order chi connectivity index (χ1) is 8.20. The van der Waals surface area contributed by atoms with E-state index in [4.69, 9.17) is 14.2 Å². The number of benzene rings is 1. The lowest BCUT2D eigenvalue weighted by Gasteiger charge is -2.20. The summed E-state index contributed by atoms with van der Waals surface area (Å²) in [5.41, 5.74) is -0.0660. The van der Waals surface area contributed by atoms with E-state index in [9.17, 15) is 10.2 Å². The van der Waals surface area contributed by atoms with E-state index in [-0.39, 0.29) is 6.61 Å². The molecule has 17 heavy (non-hydrogen) atoms. The number of aliphatic hydroxyl groups is 2. The molecule has 0 radical (unpaired) electrons. The Bertz CT molecular complexity index is 441. The van der Waals surface area contributed by atoms with Crippen LogP contribution < -0.4 is 9.47 Å². The lowest BCUT2D eigenvalue weighted by Crippen LogP contribution is -2.39. The second kappa shape index (κ2) is 3.60. The molecule has 3 atom stereocenters. The molecule has 0 spiro atoms. The molecule has 92 valence electrons. The quantitative estimate of drug-likeness (QED) is 0.739. The summed E-state index contributed by atoms with van der Waals surface area (Å²) >= 11 is 0. The zero-order valence-corrected chi connectivity index (χ0v) is 9.42. The number of hydrogen-bond acceptors (Lipinski definition) is 5. The van der Waals surface area contributed by atoms with E-state index < -0.39 is 17.8 Å². The molecule has 0 bridgehead atoms. The summed E-state index contributed by atoms with van der Waals surface area (Å²) in [5, 5.41) is 19.5. The maximum atomic E-state index is 10.2. The van der Waals surface area contributed by atoms with Crippen LogP contribution in [-0.4, -0.2) is 42.2 Å². The van der Waals surface area contributed by atoms with Crippen LogP contribution in [0.5, 0.6) is 11.5 Å². The predicted octanol–water partition coefficient (Wildman–Crippen LogP) is 0.251. The van der Waals surface area contributed by atoms with Crippen LogP contribution in [0.25, 0.3) is 0 Å². The number of rotatable bonds is 3. The van der Waals surface area contributed by atoms with Crippen molar-refractivity contribution in [2.45, 2.75) is 17.8 Å². The van der Waals surface area contributed by atoms with E-state index in [0.717, 1.165) is 0 Å². The number of methoxy groups -OCH3 is 1. The summed E-state index contributed by atoms with van der Waals surface area (Å²) in [6.45, 7) is 0.260. The average Bonchev–Trinajstić information content (AvgIpc) is 3.10. The van der Waals surface area contributed by atoms with Gasteiger partial charge in [0.25, 0.3) is 0 Å². The minimum Gasteiger partial charge on any atom is -0.497 e. The van der Waals surface area contributed by atoms with E-state index in [0.29, 0.717) is 23.7 Å². The Morgan fingerprint density at radius 2 is 2.29 bits per heavy atom. The summed E-state index contributed by atoms with van der Waals surface area (Å²) in [6, 6.07) is 5.27. The summed E-state index contributed by atoms with van der Waals surface area (Å²) < 4.78 is 16.0. The Hall–Kier alpha value is -1.30. The molecule has 3 rings (SSSR count). The number of aliphatic hydroxyl groups excluding tert-OH is 2. The zero-order valence-electron chi connectivity index (χ0n) is 9.42. The highest BCUT2D eigenvalue weighted by atomic mass is 16.6. The average molecular weight is 238 g/mol. The third-order valence-corrected chi connectivity index (χ3v) is 3.38. The monoisotopic (exact) mass is 238 g/mol.